The number of rotatable bonds is 3. The van der Waals surface area contributed by atoms with Gasteiger partial charge >= 0.3 is 0 Å². The first kappa shape index (κ1) is 15.4. The van der Waals surface area contributed by atoms with Crippen LogP contribution >= 0.6 is 0 Å². The molecular weight excluding hydrogens is 250 g/mol. The minimum absolute atomic E-state index is 0.0344. The molecule has 1 aliphatic rings. The summed E-state index contributed by atoms with van der Waals surface area (Å²) in [4.78, 5) is 9.25. The van der Waals surface area contributed by atoms with E-state index in [0.29, 0.717) is 5.41 Å². The average molecular weight is 277 g/mol. The van der Waals surface area contributed by atoms with E-state index < -0.39 is 0 Å². The van der Waals surface area contributed by atoms with Crippen LogP contribution in [0.3, 0.4) is 0 Å². The predicted octanol–water partition coefficient (Wildman–Crippen LogP) is 3.25. The van der Waals surface area contributed by atoms with Gasteiger partial charge in [-0.05, 0) is 44.9 Å². The highest BCUT2D eigenvalue weighted by molar-refractivity contribution is 5.21. The molecular formula is C16H27N3O. The first-order chi connectivity index (χ1) is 9.30. The summed E-state index contributed by atoms with van der Waals surface area (Å²) in [5.41, 5.74) is 7.98. The quantitative estimate of drug-likeness (QED) is 0.921. The van der Waals surface area contributed by atoms with Crippen molar-refractivity contribution in [2.75, 3.05) is 7.11 Å². The predicted molar refractivity (Wildman–Crippen MR) is 80.3 cm³/mol. The Kier molecular flexibility index (Phi) is 4.17. The van der Waals surface area contributed by atoms with Crippen LogP contribution < -0.4 is 5.73 Å². The van der Waals surface area contributed by atoms with Crippen LogP contribution in [0.4, 0.5) is 0 Å². The lowest BCUT2D eigenvalue weighted by Gasteiger charge is -2.41. The summed E-state index contributed by atoms with van der Waals surface area (Å²) in [6.07, 6.45) is 6.10. The van der Waals surface area contributed by atoms with Gasteiger partial charge in [0.15, 0.2) is 5.82 Å². The number of hydrogen-bond donors (Lipinski definition) is 1. The van der Waals surface area contributed by atoms with E-state index in [4.69, 9.17) is 15.5 Å². The zero-order valence-electron chi connectivity index (χ0n) is 13.4. The minimum Gasteiger partial charge on any atom is -0.370 e. The third-order valence-corrected chi connectivity index (χ3v) is 4.72. The lowest BCUT2D eigenvalue weighted by Crippen LogP contribution is -2.38. The first-order valence-corrected chi connectivity index (χ1v) is 7.44. The van der Waals surface area contributed by atoms with Crippen LogP contribution in [-0.2, 0) is 10.3 Å². The van der Waals surface area contributed by atoms with Crippen LogP contribution in [0.5, 0.6) is 0 Å². The molecule has 2 rings (SSSR count). The fourth-order valence-corrected chi connectivity index (χ4v) is 2.99. The van der Waals surface area contributed by atoms with E-state index in [2.05, 4.69) is 18.8 Å². The molecule has 1 aliphatic carbocycles. The Morgan fingerprint density at radius 1 is 1.25 bits per heavy atom. The van der Waals surface area contributed by atoms with Gasteiger partial charge in [-0.1, -0.05) is 13.8 Å². The number of aryl methyl sites for hydroxylation is 1. The minimum atomic E-state index is -0.323. The van der Waals surface area contributed by atoms with Gasteiger partial charge in [-0.2, -0.15) is 0 Å². The van der Waals surface area contributed by atoms with Gasteiger partial charge < -0.3 is 10.5 Å². The molecule has 0 spiro atoms. The molecule has 1 aromatic rings. The molecule has 0 aromatic carbocycles. The first-order valence-electron chi connectivity index (χ1n) is 7.44. The molecule has 0 amide bonds. The summed E-state index contributed by atoms with van der Waals surface area (Å²) in [6.45, 7) is 8.59. The molecule has 2 N–H and O–H groups in total. The molecule has 1 heterocycles. The van der Waals surface area contributed by atoms with Crippen molar-refractivity contribution in [2.24, 2.45) is 11.1 Å². The number of aromatic nitrogens is 2. The van der Waals surface area contributed by atoms with Gasteiger partial charge in [0.2, 0.25) is 0 Å². The summed E-state index contributed by atoms with van der Waals surface area (Å²) in [5, 5.41) is 0. The lowest BCUT2D eigenvalue weighted by atomic mass is 9.70. The van der Waals surface area contributed by atoms with Crippen molar-refractivity contribution < 1.29 is 4.74 Å². The highest BCUT2D eigenvalue weighted by Crippen LogP contribution is 2.46. The summed E-state index contributed by atoms with van der Waals surface area (Å²) >= 11 is 0. The molecule has 20 heavy (non-hydrogen) atoms. The summed E-state index contributed by atoms with van der Waals surface area (Å²) < 4.78 is 5.86. The number of nitrogens with zero attached hydrogens (tertiary/aromatic N) is 2. The van der Waals surface area contributed by atoms with Crippen molar-refractivity contribution in [3.8, 4) is 0 Å². The third kappa shape index (κ3) is 2.86. The fourth-order valence-electron chi connectivity index (χ4n) is 2.99. The van der Waals surface area contributed by atoms with Gasteiger partial charge in [-0.25, -0.2) is 9.97 Å². The van der Waals surface area contributed by atoms with E-state index in [1.165, 1.54) is 0 Å². The number of nitrogens with two attached hydrogens (primary N) is 1. The molecule has 0 bridgehead atoms. The molecule has 0 unspecified atom stereocenters. The lowest BCUT2D eigenvalue weighted by molar-refractivity contribution is -0.0730. The van der Waals surface area contributed by atoms with Crippen molar-refractivity contribution in [1.82, 2.24) is 9.97 Å². The Bertz CT molecular complexity index is 473. The van der Waals surface area contributed by atoms with Crippen molar-refractivity contribution >= 4 is 0 Å². The van der Waals surface area contributed by atoms with Crippen LogP contribution in [0.15, 0.2) is 6.20 Å². The molecule has 0 aliphatic heterocycles. The van der Waals surface area contributed by atoms with E-state index in [9.17, 15) is 0 Å². The van der Waals surface area contributed by atoms with Gasteiger partial charge in [-0.3, -0.25) is 0 Å². The van der Waals surface area contributed by atoms with Crippen molar-refractivity contribution in [2.45, 2.75) is 65.0 Å². The highest BCUT2D eigenvalue weighted by Gasteiger charge is 2.42. The summed E-state index contributed by atoms with van der Waals surface area (Å²) in [6, 6.07) is -0.0344. The second-order valence-corrected chi connectivity index (χ2v) is 6.89. The SMILES string of the molecule is COC1(c2ncc([C@H](C)N)c(C)n2)CCC(C)(C)CC1. The van der Waals surface area contributed by atoms with Crippen LogP contribution in [-0.4, -0.2) is 17.1 Å². The number of hydrogen-bond acceptors (Lipinski definition) is 4. The van der Waals surface area contributed by atoms with E-state index in [1.54, 1.807) is 7.11 Å². The van der Waals surface area contributed by atoms with E-state index in [0.717, 1.165) is 42.8 Å². The van der Waals surface area contributed by atoms with Crippen molar-refractivity contribution in [1.29, 1.82) is 0 Å². The van der Waals surface area contributed by atoms with Crippen molar-refractivity contribution in [3.05, 3.63) is 23.3 Å². The van der Waals surface area contributed by atoms with Crippen LogP contribution in [0.25, 0.3) is 0 Å². The fraction of sp³-hybridized carbons (Fsp3) is 0.750. The van der Waals surface area contributed by atoms with Crippen LogP contribution in [0.2, 0.25) is 0 Å². The topological polar surface area (TPSA) is 61.0 Å². The Hall–Kier alpha value is -1.00. The Labute approximate surface area is 122 Å². The van der Waals surface area contributed by atoms with Gasteiger partial charge in [0.1, 0.15) is 5.60 Å². The number of ether oxygens (including phenoxy) is 1. The molecule has 1 atom stereocenters. The van der Waals surface area contributed by atoms with Gasteiger partial charge in [0.05, 0.1) is 0 Å². The molecule has 0 saturated heterocycles. The Balaban J connectivity index is 2.31. The zero-order valence-corrected chi connectivity index (χ0v) is 13.4. The maximum Gasteiger partial charge on any atom is 0.160 e. The Morgan fingerprint density at radius 3 is 2.30 bits per heavy atom. The van der Waals surface area contributed by atoms with Crippen molar-refractivity contribution in [3.63, 3.8) is 0 Å². The van der Waals surface area contributed by atoms with Crippen LogP contribution in [0, 0.1) is 12.3 Å². The second kappa shape index (κ2) is 5.41. The molecule has 4 nitrogen and oxygen atoms in total. The molecule has 1 saturated carbocycles. The number of methoxy groups -OCH3 is 1. The molecule has 112 valence electrons. The van der Waals surface area contributed by atoms with Gasteiger partial charge in [0, 0.05) is 30.6 Å². The molecule has 4 heteroatoms. The second-order valence-electron chi connectivity index (χ2n) is 6.89. The Morgan fingerprint density at radius 2 is 1.85 bits per heavy atom. The maximum absolute atomic E-state index is 5.93. The summed E-state index contributed by atoms with van der Waals surface area (Å²) in [7, 11) is 1.77. The standard InChI is InChI=1S/C16H27N3O/c1-11(17)13-10-18-14(19-12(13)2)16(20-5)8-6-15(3,4)7-9-16/h10-11H,6-9,17H2,1-5H3/t11-/m0/s1. The molecule has 0 radical (unpaired) electrons. The normalized spacial score (nSPS) is 22.5. The highest BCUT2D eigenvalue weighted by atomic mass is 16.5. The zero-order chi connectivity index (χ0) is 15.0. The van der Waals surface area contributed by atoms with E-state index in [-0.39, 0.29) is 11.6 Å². The van der Waals surface area contributed by atoms with Gasteiger partial charge in [0.25, 0.3) is 0 Å². The average Bonchev–Trinajstić information content (AvgIpc) is 2.39. The smallest absolute Gasteiger partial charge is 0.160 e. The maximum atomic E-state index is 5.93. The third-order valence-electron chi connectivity index (χ3n) is 4.72. The molecule has 1 aromatic heterocycles. The largest absolute Gasteiger partial charge is 0.370 e. The monoisotopic (exact) mass is 277 g/mol. The van der Waals surface area contributed by atoms with Crippen LogP contribution in [0.1, 0.15) is 69.6 Å². The van der Waals surface area contributed by atoms with E-state index in [1.807, 2.05) is 20.0 Å². The van der Waals surface area contributed by atoms with Gasteiger partial charge in [-0.15, -0.1) is 0 Å². The summed E-state index contributed by atoms with van der Waals surface area (Å²) in [5.74, 6) is 0.817. The molecule has 1 fully saturated rings. The van der Waals surface area contributed by atoms with E-state index >= 15 is 0 Å².